The minimum atomic E-state index is -0.0103. The summed E-state index contributed by atoms with van der Waals surface area (Å²) >= 11 is 0. The number of hydrogen-bond acceptors (Lipinski definition) is 2. The van der Waals surface area contributed by atoms with Gasteiger partial charge in [-0.3, -0.25) is 0 Å². The highest BCUT2D eigenvalue weighted by atomic mass is 16.6. The van der Waals surface area contributed by atoms with Crippen molar-refractivity contribution in [3.63, 3.8) is 0 Å². The first kappa shape index (κ1) is 21.7. The number of rotatable bonds is 6. The largest absolute Gasteiger partial charge is 0.482 e. The molecular formula is C29H44O2. The molecule has 31 heavy (non-hydrogen) atoms. The monoisotopic (exact) mass is 424 g/mol. The van der Waals surface area contributed by atoms with Crippen molar-refractivity contribution in [3.05, 3.63) is 23.8 Å². The molecule has 0 heterocycles. The third kappa shape index (κ3) is 3.02. The lowest BCUT2D eigenvalue weighted by atomic mass is 9.88. The molecule has 0 saturated heterocycles. The van der Waals surface area contributed by atoms with Crippen molar-refractivity contribution < 1.29 is 9.47 Å². The first-order valence-corrected chi connectivity index (χ1v) is 13.1. The second-order valence-electron chi connectivity index (χ2n) is 12.8. The van der Waals surface area contributed by atoms with E-state index in [-0.39, 0.29) is 22.0 Å². The molecular weight excluding hydrogens is 380 g/mol. The Hall–Kier alpha value is -1.18. The van der Waals surface area contributed by atoms with Crippen LogP contribution in [-0.4, -0.2) is 11.2 Å². The van der Waals surface area contributed by atoms with Crippen molar-refractivity contribution in [1.82, 2.24) is 0 Å². The van der Waals surface area contributed by atoms with Gasteiger partial charge in [-0.15, -0.1) is 0 Å². The van der Waals surface area contributed by atoms with Crippen LogP contribution in [0, 0.1) is 34.5 Å². The molecule has 2 nitrogen and oxygen atoms in total. The SMILES string of the molecule is CCCc1ccc(OC23CC(C)CCC2C3(C)C)c(OC23CC(C)CCC2C3(C)C)c1. The molecule has 172 valence electrons. The second kappa shape index (κ2) is 6.91. The minimum Gasteiger partial charge on any atom is -0.482 e. The highest BCUT2D eigenvalue weighted by molar-refractivity contribution is 5.46. The molecule has 6 atom stereocenters. The van der Waals surface area contributed by atoms with Crippen molar-refractivity contribution in [1.29, 1.82) is 0 Å². The fraction of sp³-hybridized carbons (Fsp3) is 0.793. The maximum absolute atomic E-state index is 7.10. The lowest BCUT2D eigenvalue weighted by molar-refractivity contribution is 0.0576. The molecule has 4 saturated carbocycles. The molecule has 0 aromatic heterocycles. The molecule has 0 spiro atoms. The Balaban J connectivity index is 1.48. The fourth-order valence-electron chi connectivity index (χ4n) is 8.03. The minimum absolute atomic E-state index is 0.00889. The predicted molar refractivity (Wildman–Crippen MR) is 128 cm³/mol. The zero-order valence-electron chi connectivity index (χ0n) is 21.0. The van der Waals surface area contributed by atoms with Crippen LogP contribution in [0.2, 0.25) is 0 Å². The number of hydrogen-bond donors (Lipinski definition) is 0. The van der Waals surface area contributed by atoms with Crippen LogP contribution in [0.4, 0.5) is 0 Å². The van der Waals surface area contributed by atoms with Gasteiger partial charge in [0.15, 0.2) is 11.5 Å². The van der Waals surface area contributed by atoms with Crippen LogP contribution in [-0.2, 0) is 6.42 Å². The van der Waals surface area contributed by atoms with Gasteiger partial charge in [0.25, 0.3) is 0 Å². The highest BCUT2D eigenvalue weighted by Gasteiger charge is 2.76. The van der Waals surface area contributed by atoms with Crippen molar-refractivity contribution >= 4 is 0 Å². The average Bonchev–Trinajstić information content (AvgIpc) is 3.37. The number of benzene rings is 1. The van der Waals surface area contributed by atoms with Gasteiger partial charge < -0.3 is 9.47 Å². The van der Waals surface area contributed by atoms with E-state index in [1.807, 2.05) is 0 Å². The van der Waals surface area contributed by atoms with Crippen molar-refractivity contribution in [2.75, 3.05) is 0 Å². The zero-order valence-corrected chi connectivity index (χ0v) is 21.0. The second-order valence-corrected chi connectivity index (χ2v) is 12.8. The van der Waals surface area contributed by atoms with Gasteiger partial charge in [-0.1, -0.05) is 73.8 Å². The average molecular weight is 425 g/mol. The van der Waals surface area contributed by atoms with Crippen LogP contribution in [0.15, 0.2) is 18.2 Å². The lowest BCUT2D eigenvalue weighted by Gasteiger charge is -2.33. The lowest BCUT2D eigenvalue weighted by Crippen LogP contribution is -2.33. The first-order valence-electron chi connectivity index (χ1n) is 13.1. The molecule has 5 rings (SSSR count). The van der Waals surface area contributed by atoms with E-state index in [4.69, 9.17) is 9.47 Å². The summed E-state index contributed by atoms with van der Waals surface area (Å²) in [5.41, 5.74) is 1.88. The Morgan fingerprint density at radius 3 is 1.81 bits per heavy atom. The topological polar surface area (TPSA) is 18.5 Å². The molecule has 0 radical (unpaired) electrons. The summed E-state index contributed by atoms with van der Waals surface area (Å²) in [6.45, 7) is 16.7. The van der Waals surface area contributed by atoms with E-state index in [2.05, 4.69) is 66.7 Å². The standard InChI is InChI=1S/C29H44O2/c1-8-9-21-12-13-22(30-28-17-19(2)10-14-24(28)26(28,4)5)23(16-21)31-29-18-20(3)11-15-25(29)27(29,6)7/h12-13,16,19-20,24-25H,8-11,14-15,17-18H2,1-7H3. The smallest absolute Gasteiger partial charge is 0.162 e. The Morgan fingerprint density at radius 1 is 0.774 bits per heavy atom. The normalized spacial score (nSPS) is 41.6. The summed E-state index contributed by atoms with van der Waals surface area (Å²) in [6.07, 6.45) is 9.90. The van der Waals surface area contributed by atoms with E-state index in [1.54, 1.807) is 0 Å². The van der Waals surface area contributed by atoms with E-state index in [9.17, 15) is 0 Å². The van der Waals surface area contributed by atoms with Gasteiger partial charge >= 0.3 is 0 Å². The molecule has 4 aliphatic rings. The maximum atomic E-state index is 7.10. The van der Waals surface area contributed by atoms with Gasteiger partial charge in [0.1, 0.15) is 11.2 Å². The molecule has 4 aliphatic carbocycles. The van der Waals surface area contributed by atoms with Crippen LogP contribution in [0.1, 0.15) is 99.0 Å². The summed E-state index contributed by atoms with van der Waals surface area (Å²) in [4.78, 5) is 0. The summed E-state index contributed by atoms with van der Waals surface area (Å²) < 4.78 is 14.1. The molecule has 4 fully saturated rings. The first-order chi connectivity index (χ1) is 14.6. The van der Waals surface area contributed by atoms with E-state index in [1.165, 1.54) is 44.1 Å². The maximum Gasteiger partial charge on any atom is 0.162 e. The number of aryl methyl sites for hydroxylation is 1. The number of ether oxygens (including phenoxy) is 2. The van der Waals surface area contributed by atoms with E-state index >= 15 is 0 Å². The Labute approximate surface area is 190 Å². The fourth-order valence-corrected chi connectivity index (χ4v) is 8.03. The van der Waals surface area contributed by atoms with Crippen LogP contribution >= 0.6 is 0 Å². The van der Waals surface area contributed by atoms with E-state index in [0.29, 0.717) is 11.8 Å². The van der Waals surface area contributed by atoms with Crippen LogP contribution in [0.3, 0.4) is 0 Å². The summed E-state index contributed by atoms with van der Waals surface area (Å²) in [5, 5.41) is 0. The molecule has 6 unspecified atom stereocenters. The summed E-state index contributed by atoms with van der Waals surface area (Å²) in [6, 6.07) is 6.81. The molecule has 0 amide bonds. The van der Waals surface area contributed by atoms with Crippen LogP contribution in [0.5, 0.6) is 11.5 Å². The van der Waals surface area contributed by atoms with Gasteiger partial charge in [-0.25, -0.2) is 0 Å². The molecule has 1 aromatic rings. The summed E-state index contributed by atoms with van der Waals surface area (Å²) in [7, 11) is 0. The van der Waals surface area contributed by atoms with Crippen LogP contribution < -0.4 is 9.47 Å². The zero-order chi connectivity index (χ0) is 22.2. The van der Waals surface area contributed by atoms with Crippen molar-refractivity contribution in [2.24, 2.45) is 34.5 Å². The molecule has 1 aromatic carbocycles. The predicted octanol–water partition coefficient (Wildman–Crippen LogP) is 7.83. The third-order valence-corrected chi connectivity index (χ3v) is 10.2. The van der Waals surface area contributed by atoms with Crippen LogP contribution in [0.25, 0.3) is 0 Å². The Bertz CT molecular complexity index is 854. The van der Waals surface area contributed by atoms with Gasteiger partial charge in [-0.2, -0.15) is 0 Å². The summed E-state index contributed by atoms with van der Waals surface area (Å²) in [5.74, 6) is 4.86. The molecule has 2 heteroatoms. The van der Waals surface area contributed by atoms with E-state index in [0.717, 1.165) is 36.2 Å². The highest BCUT2D eigenvalue weighted by Crippen LogP contribution is 2.73. The van der Waals surface area contributed by atoms with Gasteiger partial charge in [0.05, 0.1) is 0 Å². The van der Waals surface area contributed by atoms with E-state index < -0.39 is 0 Å². The third-order valence-electron chi connectivity index (χ3n) is 10.2. The quantitative estimate of drug-likeness (QED) is 0.463. The van der Waals surface area contributed by atoms with Gasteiger partial charge in [0, 0.05) is 22.7 Å². The molecule has 0 aliphatic heterocycles. The Morgan fingerprint density at radius 2 is 1.29 bits per heavy atom. The Kier molecular flexibility index (Phi) is 4.83. The van der Waals surface area contributed by atoms with Gasteiger partial charge in [0.2, 0.25) is 0 Å². The van der Waals surface area contributed by atoms with Crippen molar-refractivity contribution in [3.8, 4) is 11.5 Å². The van der Waals surface area contributed by atoms with Crippen molar-refractivity contribution in [2.45, 2.75) is 111 Å². The van der Waals surface area contributed by atoms with Gasteiger partial charge in [-0.05, 0) is 61.6 Å². The number of fused-ring (bicyclic) bond motifs is 2. The molecule has 0 N–H and O–H groups in total. The molecule has 0 bridgehead atoms.